The molecular weight excluding hydrogens is 394 g/mol. The van der Waals surface area contributed by atoms with Crippen molar-refractivity contribution in [1.29, 1.82) is 0 Å². The Morgan fingerprint density at radius 2 is 1.08 bits per heavy atom. The number of hydrogen-bond donors (Lipinski definition) is 0. The summed E-state index contributed by atoms with van der Waals surface area (Å²) in [5, 5.41) is 4.77. The average Bonchev–Trinajstić information content (AvgIpc) is 2.73. The van der Waals surface area contributed by atoms with E-state index in [2.05, 4.69) is 87.9 Å². The SMILES string of the molecule is CP1(=[Se])Oc2ccc3ccccc3c2-c2c(ccc3ccccc23)O1. The fraction of sp³-hybridized carbons (Fsp3) is 0.0476. The number of hydrogen-bond acceptors (Lipinski definition) is 2. The van der Waals surface area contributed by atoms with Gasteiger partial charge in [0.25, 0.3) is 0 Å². The third kappa shape index (κ3) is 2.43. The molecule has 0 aromatic heterocycles. The fourth-order valence-electron chi connectivity index (χ4n) is 3.55. The molecule has 0 saturated carbocycles. The molecule has 4 heteroatoms. The molecule has 1 heterocycles. The molecule has 1 aliphatic heterocycles. The van der Waals surface area contributed by atoms with E-state index in [0.29, 0.717) is 0 Å². The van der Waals surface area contributed by atoms with E-state index in [0.717, 1.165) is 22.6 Å². The zero-order chi connectivity index (χ0) is 17.0. The van der Waals surface area contributed by atoms with E-state index in [1.807, 2.05) is 6.66 Å². The molecule has 1 aliphatic rings. The molecule has 0 N–H and O–H groups in total. The fourth-order valence-corrected chi connectivity index (χ4v) is 5.61. The van der Waals surface area contributed by atoms with Gasteiger partial charge in [0, 0.05) is 0 Å². The van der Waals surface area contributed by atoms with Crippen LogP contribution in [-0.4, -0.2) is 21.8 Å². The normalized spacial score (nSPS) is 14.9. The minimum atomic E-state index is -2.13. The van der Waals surface area contributed by atoms with Gasteiger partial charge in [0.2, 0.25) is 0 Å². The summed E-state index contributed by atoms with van der Waals surface area (Å²) in [6.07, 6.45) is 0. The Bertz CT molecular complexity index is 1110. The van der Waals surface area contributed by atoms with E-state index in [1.165, 1.54) is 21.5 Å². The van der Waals surface area contributed by atoms with Gasteiger partial charge < -0.3 is 0 Å². The molecule has 0 atom stereocenters. The molecule has 0 radical (unpaired) electrons. The van der Waals surface area contributed by atoms with Crippen molar-refractivity contribution in [3.05, 3.63) is 72.8 Å². The van der Waals surface area contributed by atoms with Crippen molar-refractivity contribution in [2.75, 3.05) is 6.66 Å². The van der Waals surface area contributed by atoms with Crippen LogP contribution in [0, 0.1) is 0 Å². The van der Waals surface area contributed by atoms with E-state index in [-0.39, 0.29) is 0 Å². The predicted octanol–water partition coefficient (Wildman–Crippen LogP) is 5.99. The van der Waals surface area contributed by atoms with E-state index in [4.69, 9.17) is 9.05 Å². The van der Waals surface area contributed by atoms with Gasteiger partial charge in [-0.2, -0.15) is 0 Å². The molecule has 0 aliphatic carbocycles. The van der Waals surface area contributed by atoms with Crippen LogP contribution in [0.25, 0.3) is 32.7 Å². The third-order valence-electron chi connectivity index (χ3n) is 4.56. The second-order valence-electron chi connectivity index (χ2n) is 6.27. The topological polar surface area (TPSA) is 18.5 Å². The predicted molar refractivity (Wildman–Crippen MR) is 107 cm³/mol. The van der Waals surface area contributed by atoms with Crippen LogP contribution in [0.5, 0.6) is 11.5 Å². The molecule has 0 unspecified atom stereocenters. The second kappa shape index (κ2) is 5.47. The van der Waals surface area contributed by atoms with Crippen LogP contribution >= 0.6 is 5.96 Å². The second-order valence-corrected chi connectivity index (χ2v) is 12.4. The molecular formula is C21H15O2PSe. The minimum absolute atomic E-state index is 0.878. The number of rotatable bonds is 0. The summed E-state index contributed by atoms with van der Waals surface area (Å²) in [6, 6.07) is 25.2. The quantitative estimate of drug-likeness (QED) is 0.262. The molecule has 5 rings (SSSR count). The van der Waals surface area contributed by atoms with Crippen molar-refractivity contribution in [3.8, 4) is 22.6 Å². The van der Waals surface area contributed by atoms with Gasteiger partial charge in [-0.15, -0.1) is 0 Å². The Morgan fingerprint density at radius 1 is 0.640 bits per heavy atom. The van der Waals surface area contributed by atoms with Crippen LogP contribution < -0.4 is 9.05 Å². The van der Waals surface area contributed by atoms with E-state index in [1.54, 1.807) is 0 Å². The molecule has 25 heavy (non-hydrogen) atoms. The Balaban J connectivity index is 2.02. The summed E-state index contributed by atoms with van der Waals surface area (Å²) in [6.45, 7) is 2.01. The van der Waals surface area contributed by atoms with Gasteiger partial charge >= 0.3 is 154 Å². The van der Waals surface area contributed by atoms with Gasteiger partial charge in [-0.1, -0.05) is 0 Å². The van der Waals surface area contributed by atoms with Crippen LogP contribution in [0.15, 0.2) is 72.8 Å². The van der Waals surface area contributed by atoms with Gasteiger partial charge in [0.15, 0.2) is 0 Å². The first kappa shape index (κ1) is 15.2. The van der Waals surface area contributed by atoms with Crippen LogP contribution in [0.3, 0.4) is 0 Å². The standard InChI is InChI=1S/C21H15O2PSe/c1-24(25)22-18-12-10-14-6-2-4-8-16(14)20(18)21-17-9-5-3-7-15(17)11-13-19(21)23-24/h2-13H,1H3. The summed E-state index contributed by atoms with van der Waals surface area (Å²) in [5.41, 5.74) is 2.23. The Labute approximate surface area is 153 Å². The van der Waals surface area contributed by atoms with Gasteiger partial charge in [-0.25, -0.2) is 0 Å². The Hall–Kier alpha value is -2.05. The first-order valence-electron chi connectivity index (χ1n) is 8.13. The monoisotopic (exact) mass is 410 g/mol. The number of fused-ring (bicyclic) bond motifs is 7. The average molecular weight is 409 g/mol. The zero-order valence-electron chi connectivity index (χ0n) is 13.6. The molecule has 0 bridgehead atoms. The molecule has 0 fully saturated rings. The Kier molecular flexibility index (Phi) is 3.33. The molecule has 4 aromatic carbocycles. The Morgan fingerprint density at radius 3 is 1.56 bits per heavy atom. The summed E-state index contributed by atoms with van der Waals surface area (Å²) < 4.78 is 12.6. The van der Waals surface area contributed by atoms with Crippen LogP contribution in [-0.2, 0) is 0 Å². The van der Waals surface area contributed by atoms with Crippen LogP contribution in [0.1, 0.15) is 0 Å². The maximum absolute atomic E-state index is 6.32. The van der Waals surface area contributed by atoms with Crippen molar-refractivity contribution in [2.45, 2.75) is 0 Å². The van der Waals surface area contributed by atoms with Crippen LogP contribution in [0.4, 0.5) is 0 Å². The third-order valence-corrected chi connectivity index (χ3v) is 6.55. The van der Waals surface area contributed by atoms with Crippen LogP contribution in [0.2, 0.25) is 0 Å². The molecule has 122 valence electrons. The van der Waals surface area contributed by atoms with Crippen molar-refractivity contribution in [3.63, 3.8) is 0 Å². The van der Waals surface area contributed by atoms with Gasteiger partial charge in [-0.05, 0) is 0 Å². The van der Waals surface area contributed by atoms with Crippen molar-refractivity contribution in [1.82, 2.24) is 0 Å². The van der Waals surface area contributed by atoms with E-state index >= 15 is 0 Å². The summed E-state index contributed by atoms with van der Waals surface area (Å²) >= 11 is 3.14. The first-order valence-corrected chi connectivity index (χ1v) is 12.4. The van der Waals surface area contributed by atoms with Gasteiger partial charge in [0.1, 0.15) is 0 Å². The molecule has 0 saturated heterocycles. The van der Waals surface area contributed by atoms with E-state index in [9.17, 15) is 0 Å². The maximum atomic E-state index is 6.32. The first-order chi connectivity index (χ1) is 12.1. The van der Waals surface area contributed by atoms with Crippen molar-refractivity contribution < 1.29 is 9.05 Å². The molecule has 2 nitrogen and oxygen atoms in total. The van der Waals surface area contributed by atoms with Gasteiger partial charge in [0.05, 0.1) is 0 Å². The zero-order valence-corrected chi connectivity index (χ0v) is 16.2. The summed E-state index contributed by atoms with van der Waals surface area (Å²) in [5.74, 6) is -0.369. The number of benzene rings is 4. The molecule has 0 spiro atoms. The summed E-state index contributed by atoms with van der Waals surface area (Å²) in [4.78, 5) is 0. The summed E-state index contributed by atoms with van der Waals surface area (Å²) in [7, 11) is 0. The van der Waals surface area contributed by atoms with Crippen molar-refractivity contribution in [2.24, 2.45) is 0 Å². The van der Waals surface area contributed by atoms with E-state index < -0.39 is 5.96 Å². The molecule has 0 amide bonds. The van der Waals surface area contributed by atoms with Crippen molar-refractivity contribution >= 4 is 42.6 Å². The molecule has 4 aromatic rings. The van der Waals surface area contributed by atoms with Gasteiger partial charge in [-0.3, -0.25) is 0 Å².